The Labute approximate surface area is 134 Å². The molecular weight excluding hydrogens is 302 g/mol. The highest BCUT2D eigenvalue weighted by Gasteiger charge is 2.17. The van der Waals surface area contributed by atoms with Crippen LogP contribution in [0.3, 0.4) is 0 Å². The largest absolute Gasteiger partial charge is 0.489 e. The van der Waals surface area contributed by atoms with Crippen molar-refractivity contribution >= 4 is 12.2 Å². The van der Waals surface area contributed by atoms with Crippen molar-refractivity contribution in [2.24, 2.45) is 0 Å². The summed E-state index contributed by atoms with van der Waals surface area (Å²) in [7, 11) is 2.92. The van der Waals surface area contributed by atoms with Crippen LogP contribution in [0.25, 0.3) is 0 Å². The third-order valence-electron chi connectivity index (χ3n) is 2.84. The molecule has 23 heavy (non-hydrogen) atoms. The summed E-state index contributed by atoms with van der Waals surface area (Å²) in [6.07, 6.45) is 2.03. The molecule has 0 bridgehead atoms. The van der Waals surface area contributed by atoms with E-state index in [9.17, 15) is 9.59 Å². The van der Waals surface area contributed by atoms with Gasteiger partial charge in [-0.25, -0.2) is 9.59 Å². The van der Waals surface area contributed by atoms with Crippen molar-refractivity contribution in [3.8, 4) is 5.75 Å². The Balaban J connectivity index is 3.07. The van der Waals surface area contributed by atoms with Crippen molar-refractivity contribution in [2.45, 2.75) is 20.1 Å². The van der Waals surface area contributed by atoms with Crippen LogP contribution in [0.4, 0.5) is 9.59 Å². The van der Waals surface area contributed by atoms with Gasteiger partial charge >= 0.3 is 12.2 Å². The number of carbonyl (C=O) groups excluding carboxylic acids is 2. The summed E-state index contributed by atoms with van der Waals surface area (Å²) in [5.74, 6) is 0.527. The molecule has 1 aromatic rings. The van der Waals surface area contributed by atoms with Crippen LogP contribution in [0.15, 0.2) is 18.9 Å². The third-order valence-corrected chi connectivity index (χ3v) is 2.84. The van der Waals surface area contributed by atoms with Gasteiger partial charge in [0.25, 0.3) is 0 Å². The van der Waals surface area contributed by atoms with Gasteiger partial charge in [0.1, 0.15) is 25.6 Å². The summed E-state index contributed by atoms with van der Waals surface area (Å²) in [4.78, 5) is 26.8. The summed E-state index contributed by atoms with van der Waals surface area (Å²) in [5.41, 5.74) is 1.76. The van der Waals surface area contributed by atoms with Gasteiger partial charge in [0, 0.05) is 25.9 Å². The summed E-state index contributed by atoms with van der Waals surface area (Å²) in [5, 5.41) is 4.70. The van der Waals surface area contributed by atoms with E-state index in [1.807, 2.05) is 6.92 Å². The Hall–Kier alpha value is -2.77. The van der Waals surface area contributed by atoms with Gasteiger partial charge in [-0.2, -0.15) is 0 Å². The number of hydrogen-bond donors (Lipinski definition) is 2. The minimum Gasteiger partial charge on any atom is -0.489 e. The first-order valence-electron chi connectivity index (χ1n) is 6.93. The molecular formula is C15H21N3O5. The number of aryl methyl sites for hydroxylation is 1. The van der Waals surface area contributed by atoms with E-state index in [0.29, 0.717) is 17.0 Å². The second kappa shape index (κ2) is 9.29. The van der Waals surface area contributed by atoms with Crippen molar-refractivity contribution in [1.82, 2.24) is 15.6 Å². The molecule has 0 fully saturated rings. The summed E-state index contributed by atoms with van der Waals surface area (Å²) in [6.45, 7) is 5.57. The van der Waals surface area contributed by atoms with Crippen molar-refractivity contribution in [2.75, 3.05) is 20.7 Å². The molecule has 0 aliphatic rings. The maximum atomic E-state index is 11.3. The highest BCUT2D eigenvalue weighted by atomic mass is 16.6. The molecule has 2 amide bonds. The zero-order valence-electron chi connectivity index (χ0n) is 13.5. The number of nitrogens with zero attached hydrogens (tertiary/aromatic N) is 1. The number of rotatable bonds is 7. The SMILES string of the molecule is C=CCOc1c(C)cnc(COC(=O)NC)c1COC(=O)NC. The van der Waals surface area contributed by atoms with E-state index in [1.54, 1.807) is 12.3 Å². The normalized spacial score (nSPS) is 9.70. The van der Waals surface area contributed by atoms with Crippen LogP contribution in [0.1, 0.15) is 16.8 Å². The molecule has 0 radical (unpaired) electrons. The molecule has 1 aromatic heterocycles. The second-order valence-electron chi connectivity index (χ2n) is 4.45. The summed E-state index contributed by atoms with van der Waals surface area (Å²) < 4.78 is 15.7. The number of alkyl carbamates (subject to hydrolysis) is 2. The maximum Gasteiger partial charge on any atom is 0.407 e. The molecule has 1 heterocycles. The lowest BCUT2D eigenvalue weighted by Crippen LogP contribution is -2.21. The summed E-state index contributed by atoms with van der Waals surface area (Å²) >= 11 is 0. The van der Waals surface area contributed by atoms with Crippen molar-refractivity contribution in [3.63, 3.8) is 0 Å². The van der Waals surface area contributed by atoms with Crippen molar-refractivity contribution in [3.05, 3.63) is 35.7 Å². The van der Waals surface area contributed by atoms with Gasteiger partial charge < -0.3 is 24.8 Å². The van der Waals surface area contributed by atoms with Crippen molar-refractivity contribution in [1.29, 1.82) is 0 Å². The van der Waals surface area contributed by atoms with Crippen LogP contribution in [0.5, 0.6) is 5.75 Å². The van der Waals surface area contributed by atoms with Gasteiger partial charge in [-0.1, -0.05) is 12.7 Å². The van der Waals surface area contributed by atoms with Crippen LogP contribution in [-0.2, 0) is 22.7 Å². The average molecular weight is 323 g/mol. The fraction of sp³-hybridized carbons (Fsp3) is 0.400. The smallest absolute Gasteiger partial charge is 0.407 e. The molecule has 0 aliphatic heterocycles. The quantitative estimate of drug-likeness (QED) is 0.741. The first-order chi connectivity index (χ1) is 11.0. The van der Waals surface area contributed by atoms with E-state index >= 15 is 0 Å². The lowest BCUT2D eigenvalue weighted by molar-refractivity contribution is 0.131. The standard InChI is InChI=1S/C15H21N3O5/c1-5-6-21-13-10(2)7-18-12(9-23-15(20)17-4)11(13)8-22-14(19)16-3/h5,7H,1,6,8-9H2,2-4H3,(H,16,19)(H,17,20). The molecule has 126 valence electrons. The Morgan fingerprint density at radius 3 is 2.39 bits per heavy atom. The zero-order chi connectivity index (χ0) is 17.2. The predicted molar refractivity (Wildman–Crippen MR) is 83.2 cm³/mol. The van der Waals surface area contributed by atoms with Crippen LogP contribution in [-0.4, -0.2) is 37.9 Å². The van der Waals surface area contributed by atoms with Gasteiger partial charge in [0.05, 0.1) is 11.3 Å². The minimum atomic E-state index is -0.584. The Bertz CT molecular complexity index is 574. The lowest BCUT2D eigenvalue weighted by Gasteiger charge is -2.16. The molecule has 0 spiro atoms. The monoisotopic (exact) mass is 323 g/mol. The number of amides is 2. The molecule has 0 unspecified atom stereocenters. The van der Waals surface area contributed by atoms with Gasteiger partial charge in [0.2, 0.25) is 0 Å². The maximum absolute atomic E-state index is 11.3. The first kappa shape index (κ1) is 18.3. The molecule has 8 heteroatoms. The van der Waals surface area contributed by atoms with E-state index in [0.717, 1.165) is 5.56 Å². The van der Waals surface area contributed by atoms with E-state index in [2.05, 4.69) is 22.2 Å². The topological polar surface area (TPSA) is 98.8 Å². The Morgan fingerprint density at radius 2 is 1.83 bits per heavy atom. The van der Waals surface area contributed by atoms with Crippen LogP contribution < -0.4 is 15.4 Å². The number of carbonyl (C=O) groups is 2. The molecule has 0 saturated carbocycles. The van der Waals surface area contributed by atoms with Gasteiger partial charge in [-0.15, -0.1) is 0 Å². The number of hydrogen-bond acceptors (Lipinski definition) is 6. The minimum absolute atomic E-state index is 0.0622. The molecule has 0 aromatic carbocycles. The molecule has 0 aliphatic carbocycles. The van der Waals surface area contributed by atoms with Gasteiger partial charge in [-0.05, 0) is 6.92 Å². The number of ether oxygens (including phenoxy) is 3. The van der Waals surface area contributed by atoms with Crippen LogP contribution in [0, 0.1) is 6.92 Å². The highest BCUT2D eigenvalue weighted by Crippen LogP contribution is 2.27. The fourth-order valence-corrected chi connectivity index (χ4v) is 1.71. The van der Waals surface area contributed by atoms with Gasteiger partial charge in [-0.3, -0.25) is 4.98 Å². The summed E-state index contributed by atoms with van der Waals surface area (Å²) in [6, 6.07) is 0. The Kier molecular flexibility index (Phi) is 7.38. The van der Waals surface area contributed by atoms with E-state index in [4.69, 9.17) is 14.2 Å². The van der Waals surface area contributed by atoms with E-state index in [1.165, 1.54) is 14.1 Å². The van der Waals surface area contributed by atoms with Crippen LogP contribution in [0.2, 0.25) is 0 Å². The number of nitrogens with one attached hydrogen (secondary N) is 2. The molecule has 2 N–H and O–H groups in total. The third kappa shape index (κ3) is 5.50. The fourth-order valence-electron chi connectivity index (χ4n) is 1.71. The first-order valence-corrected chi connectivity index (χ1v) is 6.93. The van der Waals surface area contributed by atoms with Gasteiger partial charge in [0.15, 0.2) is 0 Å². The molecule has 1 rings (SSSR count). The van der Waals surface area contributed by atoms with E-state index in [-0.39, 0.29) is 19.8 Å². The molecule has 8 nitrogen and oxygen atoms in total. The second-order valence-corrected chi connectivity index (χ2v) is 4.45. The highest BCUT2D eigenvalue weighted by molar-refractivity contribution is 5.67. The zero-order valence-corrected chi connectivity index (χ0v) is 13.5. The van der Waals surface area contributed by atoms with E-state index < -0.39 is 12.2 Å². The van der Waals surface area contributed by atoms with Crippen LogP contribution >= 0.6 is 0 Å². The average Bonchev–Trinajstić information content (AvgIpc) is 2.57. The molecule has 0 atom stereocenters. The lowest BCUT2D eigenvalue weighted by atomic mass is 10.1. The van der Waals surface area contributed by atoms with Crippen molar-refractivity contribution < 1.29 is 23.8 Å². The Morgan fingerprint density at radius 1 is 1.22 bits per heavy atom. The number of aromatic nitrogens is 1. The molecule has 0 saturated heterocycles. The predicted octanol–water partition coefficient (Wildman–Crippen LogP) is 1.67. The number of pyridine rings is 1.